The maximum atomic E-state index is 11.9. The Kier molecular flexibility index (Phi) is 6.13. The van der Waals surface area contributed by atoms with E-state index in [1.54, 1.807) is 12.1 Å². The van der Waals surface area contributed by atoms with Crippen LogP contribution in [0, 0.1) is 0 Å². The highest BCUT2D eigenvalue weighted by Crippen LogP contribution is 2.26. The molecule has 1 unspecified atom stereocenters. The van der Waals surface area contributed by atoms with Crippen LogP contribution in [0.1, 0.15) is 12.0 Å². The van der Waals surface area contributed by atoms with Gasteiger partial charge in [-0.3, -0.25) is 9.59 Å². The lowest BCUT2D eigenvalue weighted by molar-refractivity contribution is -0.138. The number of ether oxygens (including phenoxy) is 1. The molecule has 4 N–H and O–H groups in total. The van der Waals surface area contributed by atoms with Gasteiger partial charge < -0.3 is 25.8 Å². The van der Waals surface area contributed by atoms with Gasteiger partial charge in [0.05, 0.1) is 25.3 Å². The monoisotopic (exact) mass is 295 g/mol. The lowest BCUT2D eigenvalue weighted by Gasteiger charge is -2.16. The number of carbonyl (C=O) groups is 2. The van der Waals surface area contributed by atoms with Crippen molar-refractivity contribution in [2.75, 3.05) is 26.5 Å². The summed E-state index contributed by atoms with van der Waals surface area (Å²) in [6.07, 6.45) is -0.425. The minimum atomic E-state index is -1.12. The van der Waals surface area contributed by atoms with Crippen LogP contribution in [0.2, 0.25) is 0 Å². The maximum Gasteiger partial charge on any atom is 0.305 e. The molecule has 0 saturated carbocycles. The van der Waals surface area contributed by atoms with E-state index in [-0.39, 0.29) is 0 Å². The number of aliphatic carboxylic acids is 1. The van der Waals surface area contributed by atoms with E-state index in [0.717, 1.165) is 5.56 Å². The highest BCUT2D eigenvalue weighted by atomic mass is 16.5. The second-order valence-electron chi connectivity index (χ2n) is 4.97. The molecule has 0 bridgehead atoms. The van der Waals surface area contributed by atoms with E-state index < -0.39 is 24.3 Å². The number of carboxylic acid groups (broad SMARTS) is 1. The number of nitrogens with two attached hydrogens (primary N) is 1. The van der Waals surface area contributed by atoms with Gasteiger partial charge in [0, 0.05) is 6.54 Å². The number of carboxylic acids is 1. The lowest BCUT2D eigenvalue weighted by atomic mass is 10.1. The summed E-state index contributed by atoms with van der Waals surface area (Å²) in [6.45, 7) is 0.702. The van der Waals surface area contributed by atoms with Gasteiger partial charge >= 0.3 is 5.97 Å². The Hall–Kier alpha value is -2.12. The van der Waals surface area contributed by atoms with Gasteiger partial charge in [0.2, 0.25) is 5.91 Å². The Balaban J connectivity index is 2.89. The molecule has 1 amide bonds. The second-order valence-corrected chi connectivity index (χ2v) is 4.97. The van der Waals surface area contributed by atoms with Crippen molar-refractivity contribution in [3.63, 3.8) is 0 Å². The van der Waals surface area contributed by atoms with Crippen LogP contribution in [-0.2, 0) is 16.1 Å². The molecule has 0 heterocycles. The maximum absolute atomic E-state index is 11.9. The molecule has 0 aliphatic carbocycles. The first-order valence-electron chi connectivity index (χ1n) is 6.43. The van der Waals surface area contributed by atoms with Crippen molar-refractivity contribution in [3.05, 3.63) is 23.8 Å². The van der Waals surface area contributed by atoms with E-state index >= 15 is 0 Å². The molecule has 0 radical (unpaired) electrons. The summed E-state index contributed by atoms with van der Waals surface area (Å²) in [7, 11) is 5.37. The van der Waals surface area contributed by atoms with Gasteiger partial charge in [0.15, 0.2) is 0 Å². The Bertz CT molecular complexity index is 517. The first kappa shape index (κ1) is 16.9. The first-order chi connectivity index (χ1) is 9.83. The van der Waals surface area contributed by atoms with Crippen LogP contribution in [0.5, 0.6) is 5.75 Å². The Labute approximate surface area is 123 Å². The van der Waals surface area contributed by atoms with Gasteiger partial charge in [-0.1, -0.05) is 6.07 Å². The molecule has 21 heavy (non-hydrogen) atoms. The zero-order chi connectivity index (χ0) is 16.0. The van der Waals surface area contributed by atoms with Gasteiger partial charge in [-0.15, -0.1) is 0 Å². The van der Waals surface area contributed by atoms with Crippen molar-refractivity contribution in [3.8, 4) is 5.75 Å². The van der Waals surface area contributed by atoms with Crippen molar-refractivity contribution in [2.45, 2.75) is 19.0 Å². The highest BCUT2D eigenvalue weighted by Gasteiger charge is 2.18. The third-order valence-corrected chi connectivity index (χ3v) is 2.75. The lowest BCUT2D eigenvalue weighted by Crippen LogP contribution is -2.37. The van der Waals surface area contributed by atoms with Crippen molar-refractivity contribution in [2.24, 2.45) is 5.73 Å². The number of rotatable bonds is 7. The third-order valence-electron chi connectivity index (χ3n) is 2.75. The summed E-state index contributed by atoms with van der Waals surface area (Å²) >= 11 is 0. The number of anilines is 1. The van der Waals surface area contributed by atoms with E-state index in [9.17, 15) is 9.59 Å². The van der Waals surface area contributed by atoms with Crippen LogP contribution >= 0.6 is 0 Å². The SMILES string of the molecule is COc1ccc(CN(C)C)cc1NC(=O)C(N)CC(=O)O. The van der Waals surface area contributed by atoms with Crippen molar-refractivity contribution < 1.29 is 19.4 Å². The molecule has 0 saturated heterocycles. The van der Waals surface area contributed by atoms with Gasteiger partial charge in [-0.05, 0) is 31.8 Å². The average Bonchev–Trinajstić information content (AvgIpc) is 2.37. The van der Waals surface area contributed by atoms with Crippen LogP contribution < -0.4 is 15.8 Å². The summed E-state index contributed by atoms with van der Waals surface area (Å²) in [5, 5.41) is 11.3. The molecule has 0 aliphatic rings. The molecule has 116 valence electrons. The van der Waals surface area contributed by atoms with Crippen LogP contribution in [0.15, 0.2) is 18.2 Å². The summed E-state index contributed by atoms with van der Waals surface area (Å²) in [4.78, 5) is 24.4. The van der Waals surface area contributed by atoms with Gasteiger partial charge in [0.1, 0.15) is 5.75 Å². The molecular weight excluding hydrogens is 274 g/mol. The van der Waals surface area contributed by atoms with E-state index in [0.29, 0.717) is 18.0 Å². The Morgan fingerprint density at radius 3 is 2.62 bits per heavy atom. The summed E-state index contributed by atoms with van der Waals surface area (Å²) in [5.74, 6) is -1.18. The zero-order valence-electron chi connectivity index (χ0n) is 12.4. The van der Waals surface area contributed by atoms with Crippen molar-refractivity contribution in [1.29, 1.82) is 0 Å². The van der Waals surface area contributed by atoms with Crippen LogP contribution in [-0.4, -0.2) is 49.1 Å². The Morgan fingerprint density at radius 1 is 1.43 bits per heavy atom. The standard InChI is InChI=1S/C14H21N3O4/c1-17(2)8-9-4-5-12(21-3)11(6-9)16-14(20)10(15)7-13(18)19/h4-6,10H,7-8,15H2,1-3H3,(H,16,20)(H,18,19). The molecule has 1 rings (SSSR count). The largest absolute Gasteiger partial charge is 0.495 e. The molecule has 1 atom stereocenters. The number of amides is 1. The molecule has 0 aliphatic heterocycles. The van der Waals surface area contributed by atoms with E-state index in [1.165, 1.54) is 7.11 Å². The predicted octanol–water partition coefficient (Wildman–Crippen LogP) is 0.497. The number of nitrogens with one attached hydrogen (secondary N) is 1. The molecule has 0 fully saturated rings. The van der Waals surface area contributed by atoms with Crippen molar-refractivity contribution >= 4 is 17.6 Å². The van der Waals surface area contributed by atoms with Crippen LogP contribution in [0.3, 0.4) is 0 Å². The number of hydrogen-bond donors (Lipinski definition) is 3. The number of benzene rings is 1. The fraction of sp³-hybridized carbons (Fsp3) is 0.429. The molecule has 1 aromatic rings. The quantitative estimate of drug-likeness (QED) is 0.676. The molecule has 7 nitrogen and oxygen atoms in total. The fourth-order valence-electron chi connectivity index (χ4n) is 1.82. The number of carbonyl (C=O) groups excluding carboxylic acids is 1. The molecule has 7 heteroatoms. The summed E-state index contributed by atoms with van der Waals surface area (Å²) in [5.41, 5.74) is 7.00. The zero-order valence-corrected chi connectivity index (χ0v) is 12.4. The topological polar surface area (TPSA) is 105 Å². The fourth-order valence-corrected chi connectivity index (χ4v) is 1.82. The van der Waals surface area contributed by atoms with E-state index in [1.807, 2.05) is 25.1 Å². The van der Waals surface area contributed by atoms with Crippen LogP contribution in [0.25, 0.3) is 0 Å². The normalized spacial score (nSPS) is 12.0. The minimum absolute atomic E-state index is 0.425. The molecule has 0 aromatic heterocycles. The molecular formula is C14H21N3O4. The van der Waals surface area contributed by atoms with Gasteiger partial charge in [-0.25, -0.2) is 0 Å². The molecule has 0 spiro atoms. The smallest absolute Gasteiger partial charge is 0.305 e. The number of nitrogens with zero attached hydrogens (tertiary/aromatic N) is 1. The van der Waals surface area contributed by atoms with Gasteiger partial charge in [0.25, 0.3) is 0 Å². The second kappa shape index (κ2) is 7.61. The van der Waals surface area contributed by atoms with E-state index in [2.05, 4.69) is 5.32 Å². The third kappa shape index (κ3) is 5.41. The van der Waals surface area contributed by atoms with Crippen molar-refractivity contribution in [1.82, 2.24) is 4.90 Å². The van der Waals surface area contributed by atoms with Gasteiger partial charge in [-0.2, -0.15) is 0 Å². The Morgan fingerprint density at radius 2 is 2.10 bits per heavy atom. The number of hydrogen-bond acceptors (Lipinski definition) is 5. The number of methoxy groups -OCH3 is 1. The van der Waals surface area contributed by atoms with E-state index in [4.69, 9.17) is 15.6 Å². The predicted molar refractivity (Wildman–Crippen MR) is 79.2 cm³/mol. The average molecular weight is 295 g/mol. The first-order valence-corrected chi connectivity index (χ1v) is 6.43. The summed E-state index contributed by atoms with van der Waals surface area (Å²) < 4.78 is 5.18. The minimum Gasteiger partial charge on any atom is -0.495 e. The molecule has 1 aromatic carbocycles. The summed E-state index contributed by atoms with van der Waals surface area (Å²) in [6, 6.07) is 4.32. The highest BCUT2D eigenvalue weighted by molar-refractivity contribution is 5.97. The van der Waals surface area contributed by atoms with Crippen LogP contribution in [0.4, 0.5) is 5.69 Å².